The first kappa shape index (κ1) is 52.0. The van der Waals surface area contributed by atoms with Crippen LogP contribution in [-0.2, 0) is 43.4 Å². The van der Waals surface area contributed by atoms with Crippen LogP contribution in [0.4, 0.5) is 5.82 Å². The summed E-state index contributed by atoms with van der Waals surface area (Å²) in [7, 11) is -3.97. The lowest BCUT2D eigenvalue weighted by atomic mass is 10.0. The Kier molecular flexibility index (Phi) is 27.4. The van der Waals surface area contributed by atoms with Crippen molar-refractivity contribution in [2.24, 2.45) is 0 Å². The van der Waals surface area contributed by atoms with E-state index in [1.165, 1.54) is 69.3 Å². The molecule has 0 unspecified atom stereocenters. The SMILES string of the molecule is Cc1c(OCCCCCCCCCCCCCCCC(=O)O)ccc(S(=O)(=O)Nc2ccc(C(=O)NCCOCCOCC(=O)CCCOCCOCC(=O)O)cn2)c1C. The van der Waals surface area contributed by atoms with Crippen molar-refractivity contribution >= 4 is 39.5 Å². The third-order valence-corrected chi connectivity index (χ3v) is 11.0. The van der Waals surface area contributed by atoms with Crippen molar-refractivity contribution in [3.05, 3.63) is 47.2 Å². The van der Waals surface area contributed by atoms with Crippen molar-refractivity contribution in [2.75, 3.05) is 70.7 Å². The average Bonchev–Trinajstić information content (AvgIpc) is 3.20. The van der Waals surface area contributed by atoms with Gasteiger partial charge in [0.2, 0.25) is 0 Å². The summed E-state index contributed by atoms with van der Waals surface area (Å²) in [4.78, 5) is 49.6. The van der Waals surface area contributed by atoms with E-state index in [1.807, 2.05) is 6.92 Å². The molecule has 0 atom stereocenters. The van der Waals surface area contributed by atoms with Crippen LogP contribution < -0.4 is 14.8 Å². The highest BCUT2D eigenvalue weighted by Gasteiger charge is 2.21. The number of ether oxygens (including phenoxy) is 5. The number of aromatic nitrogens is 1. The van der Waals surface area contributed by atoms with Crippen LogP contribution in [-0.4, -0.2) is 113 Å². The molecule has 2 rings (SSSR count). The second-order valence-electron chi connectivity index (χ2n) is 14.6. The van der Waals surface area contributed by atoms with E-state index in [-0.39, 0.29) is 81.3 Å². The van der Waals surface area contributed by atoms with Crippen molar-refractivity contribution < 1.29 is 61.5 Å². The third-order valence-electron chi connectivity index (χ3n) is 9.54. The van der Waals surface area contributed by atoms with Gasteiger partial charge in [0.05, 0.1) is 50.1 Å². The summed E-state index contributed by atoms with van der Waals surface area (Å²) in [5.41, 5.74) is 1.57. The van der Waals surface area contributed by atoms with Crippen molar-refractivity contribution in [2.45, 2.75) is 121 Å². The van der Waals surface area contributed by atoms with Crippen molar-refractivity contribution in [3.8, 4) is 5.75 Å². The first-order valence-electron chi connectivity index (χ1n) is 21.2. The number of rotatable bonds is 38. The van der Waals surface area contributed by atoms with E-state index in [2.05, 4.69) is 15.0 Å². The normalized spacial score (nSPS) is 11.4. The number of benzene rings is 1. The van der Waals surface area contributed by atoms with Gasteiger partial charge in [-0.2, -0.15) is 0 Å². The lowest BCUT2D eigenvalue weighted by molar-refractivity contribution is -0.143. The van der Waals surface area contributed by atoms with Gasteiger partial charge in [-0.3, -0.25) is 19.1 Å². The van der Waals surface area contributed by atoms with Crippen LogP contribution in [0.15, 0.2) is 35.4 Å². The number of Topliss-reactive ketones (excluding diaryl/α,β-unsaturated/α-hetero) is 1. The molecule has 0 spiro atoms. The number of carboxylic acids is 2. The van der Waals surface area contributed by atoms with Crippen LogP contribution in [0.25, 0.3) is 0 Å². The van der Waals surface area contributed by atoms with Gasteiger partial charge in [0.15, 0.2) is 5.78 Å². The average molecular weight is 866 g/mol. The molecule has 1 amide bonds. The maximum atomic E-state index is 13.3. The first-order valence-corrected chi connectivity index (χ1v) is 22.7. The van der Waals surface area contributed by atoms with Crippen LogP contribution in [0.2, 0.25) is 0 Å². The lowest BCUT2D eigenvalue weighted by Gasteiger charge is -2.15. The number of anilines is 1. The maximum absolute atomic E-state index is 13.3. The van der Waals surface area contributed by atoms with Gasteiger partial charge in [0, 0.05) is 32.2 Å². The summed E-state index contributed by atoms with van der Waals surface area (Å²) >= 11 is 0. The number of ketones is 1. The highest BCUT2D eigenvalue weighted by molar-refractivity contribution is 7.92. The van der Waals surface area contributed by atoms with Gasteiger partial charge in [-0.15, -0.1) is 0 Å². The second-order valence-corrected chi connectivity index (χ2v) is 16.2. The molecule has 0 aliphatic carbocycles. The number of hydrogen-bond acceptors (Lipinski definition) is 12. The zero-order valence-electron chi connectivity index (χ0n) is 35.5. The second kappa shape index (κ2) is 31.7. The zero-order chi connectivity index (χ0) is 43.9. The monoisotopic (exact) mass is 865 g/mol. The van der Waals surface area contributed by atoms with Gasteiger partial charge >= 0.3 is 11.9 Å². The quantitative estimate of drug-likeness (QED) is 0.0519. The molecule has 17 heteroatoms. The molecular formula is C43H67N3O13S. The molecule has 0 saturated carbocycles. The summed E-state index contributed by atoms with van der Waals surface area (Å²) in [6, 6.07) is 6.11. The van der Waals surface area contributed by atoms with Gasteiger partial charge in [-0.05, 0) is 68.5 Å². The predicted molar refractivity (Wildman–Crippen MR) is 226 cm³/mol. The molecule has 338 valence electrons. The van der Waals surface area contributed by atoms with Gasteiger partial charge in [-0.1, -0.05) is 70.6 Å². The number of carbonyl (C=O) groups is 4. The summed E-state index contributed by atoms with van der Waals surface area (Å²) in [5, 5.41) is 19.9. The number of sulfonamides is 1. The molecule has 0 saturated heterocycles. The van der Waals surface area contributed by atoms with E-state index in [4.69, 9.17) is 33.9 Å². The topological polar surface area (TPSA) is 226 Å². The Bertz CT molecular complexity index is 1660. The van der Waals surface area contributed by atoms with Crippen LogP contribution in [0.5, 0.6) is 5.75 Å². The molecule has 1 heterocycles. The Morgan fingerprint density at radius 3 is 1.78 bits per heavy atom. The van der Waals surface area contributed by atoms with Crippen molar-refractivity contribution in [3.63, 3.8) is 0 Å². The molecule has 0 bridgehead atoms. The Morgan fingerprint density at radius 2 is 1.18 bits per heavy atom. The summed E-state index contributed by atoms with van der Waals surface area (Å²) < 4.78 is 56.0. The smallest absolute Gasteiger partial charge is 0.329 e. The first-order chi connectivity index (χ1) is 28.9. The molecule has 60 heavy (non-hydrogen) atoms. The lowest BCUT2D eigenvalue weighted by Crippen LogP contribution is -2.28. The number of unbranched alkanes of at least 4 members (excludes halogenated alkanes) is 12. The van der Waals surface area contributed by atoms with E-state index in [0.717, 1.165) is 44.1 Å². The van der Waals surface area contributed by atoms with Crippen LogP contribution >= 0.6 is 0 Å². The van der Waals surface area contributed by atoms with Crippen molar-refractivity contribution in [1.82, 2.24) is 10.3 Å². The number of carbonyl (C=O) groups excluding carboxylic acids is 2. The molecular weight excluding hydrogens is 799 g/mol. The van der Waals surface area contributed by atoms with Crippen LogP contribution in [0.3, 0.4) is 0 Å². The summed E-state index contributed by atoms with van der Waals surface area (Å²) in [6.45, 7) is 5.38. The third kappa shape index (κ3) is 24.2. The van der Waals surface area contributed by atoms with Gasteiger partial charge in [0.25, 0.3) is 15.9 Å². The fraction of sp³-hybridized carbons (Fsp3) is 0.651. The fourth-order valence-corrected chi connectivity index (χ4v) is 7.38. The van der Waals surface area contributed by atoms with E-state index in [1.54, 1.807) is 13.0 Å². The minimum atomic E-state index is -3.97. The minimum Gasteiger partial charge on any atom is -0.493 e. The fourth-order valence-electron chi connectivity index (χ4n) is 6.07. The molecule has 0 radical (unpaired) electrons. The molecule has 2 aromatic rings. The number of carboxylic acid groups (broad SMARTS) is 2. The van der Waals surface area contributed by atoms with Gasteiger partial charge in [0.1, 0.15) is 24.8 Å². The maximum Gasteiger partial charge on any atom is 0.329 e. The summed E-state index contributed by atoms with van der Waals surface area (Å²) in [5.74, 6) is -1.50. The van der Waals surface area contributed by atoms with E-state index >= 15 is 0 Å². The largest absolute Gasteiger partial charge is 0.493 e. The number of nitrogens with zero attached hydrogens (tertiary/aromatic N) is 1. The number of amides is 1. The Morgan fingerprint density at radius 1 is 0.600 bits per heavy atom. The molecule has 0 fully saturated rings. The molecule has 0 aliphatic rings. The highest BCUT2D eigenvalue weighted by Crippen LogP contribution is 2.28. The molecule has 0 aliphatic heterocycles. The van der Waals surface area contributed by atoms with Gasteiger partial charge in [-0.25, -0.2) is 18.2 Å². The van der Waals surface area contributed by atoms with Crippen LogP contribution in [0.1, 0.15) is 124 Å². The standard InChI is InChI=1S/C43H67N3O13S/c1-34-35(2)39(21-20-38(34)59-25-15-13-11-9-7-5-3-4-6-8-10-12-14-18-41(48)49)60(53,54)46-40-22-19-36(31-45-40)43(52)44-23-26-56-28-29-57-32-37(47)17-16-24-55-27-30-58-33-42(50)51/h19-22,31H,3-18,23-30,32-33H2,1-2H3,(H,44,52)(H,45,46)(H,48,49)(H,50,51). The number of pyridine rings is 1. The van der Waals surface area contributed by atoms with E-state index in [9.17, 15) is 27.6 Å². The van der Waals surface area contributed by atoms with Crippen molar-refractivity contribution in [1.29, 1.82) is 0 Å². The number of hydrogen-bond donors (Lipinski definition) is 4. The van der Waals surface area contributed by atoms with Crippen LogP contribution in [0, 0.1) is 13.8 Å². The molecule has 1 aromatic carbocycles. The summed E-state index contributed by atoms with van der Waals surface area (Å²) in [6.07, 6.45) is 17.1. The zero-order valence-corrected chi connectivity index (χ0v) is 36.3. The Balaban J connectivity index is 1.56. The Hall–Kier alpha value is -4.16. The number of nitrogens with one attached hydrogen (secondary N) is 2. The molecule has 1 aromatic heterocycles. The molecule has 16 nitrogen and oxygen atoms in total. The molecule has 4 N–H and O–H groups in total. The highest BCUT2D eigenvalue weighted by atomic mass is 32.2. The van der Waals surface area contributed by atoms with E-state index < -0.39 is 27.9 Å². The van der Waals surface area contributed by atoms with Gasteiger partial charge < -0.3 is 39.2 Å². The predicted octanol–water partition coefficient (Wildman–Crippen LogP) is 6.65. The Labute approximate surface area is 355 Å². The minimum absolute atomic E-state index is 0.0477. The van der Waals surface area contributed by atoms with E-state index in [0.29, 0.717) is 37.4 Å². The number of aliphatic carboxylic acids is 2.